The van der Waals surface area contributed by atoms with Gasteiger partial charge in [-0.2, -0.15) is 0 Å². The van der Waals surface area contributed by atoms with Gasteiger partial charge in [-0.3, -0.25) is 4.79 Å². The molecule has 0 saturated heterocycles. The van der Waals surface area contributed by atoms with E-state index in [1.807, 2.05) is 54.6 Å². The zero-order valence-corrected chi connectivity index (χ0v) is 14.6. The second-order valence-corrected chi connectivity index (χ2v) is 5.82. The highest BCUT2D eigenvalue weighted by atomic mass is 16.5. The van der Waals surface area contributed by atoms with Crippen LogP contribution in [0.15, 0.2) is 59.0 Å². The molecule has 0 unspecified atom stereocenters. The van der Waals surface area contributed by atoms with E-state index in [1.165, 1.54) is 0 Å². The number of nitrogens with one attached hydrogen (secondary N) is 1. The van der Waals surface area contributed by atoms with Crippen molar-refractivity contribution in [2.24, 2.45) is 0 Å². The summed E-state index contributed by atoms with van der Waals surface area (Å²) in [6.45, 7) is 0.470. The van der Waals surface area contributed by atoms with Gasteiger partial charge in [0.1, 0.15) is 5.75 Å². The Morgan fingerprint density at radius 2 is 1.81 bits per heavy atom. The molecule has 0 bridgehead atoms. The van der Waals surface area contributed by atoms with Crippen LogP contribution in [0.3, 0.4) is 0 Å². The number of methoxy groups -OCH3 is 1. The molecule has 134 valence electrons. The van der Waals surface area contributed by atoms with Crippen LogP contribution in [0.5, 0.6) is 5.75 Å². The van der Waals surface area contributed by atoms with Gasteiger partial charge in [-0.25, -0.2) is 0 Å². The Morgan fingerprint density at radius 3 is 2.54 bits per heavy atom. The van der Waals surface area contributed by atoms with Crippen molar-refractivity contribution in [1.82, 2.24) is 15.5 Å². The van der Waals surface area contributed by atoms with Crippen LogP contribution in [0.25, 0.3) is 11.5 Å². The number of aryl methyl sites for hydroxylation is 1. The van der Waals surface area contributed by atoms with E-state index in [9.17, 15) is 4.79 Å². The summed E-state index contributed by atoms with van der Waals surface area (Å²) < 4.78 is 10.8. The van der Waals surface area contributed by atoms with Crippen molar-refractivity contribution >= 4 is 5.91 Å². The summed E-state index contributed by atoms with van der Waals surface area (Å²) in [6.07, 6.45) is 1.69. The highest BCUT2D eigenvalue weighted by molar-refractivity contribution is 5.76. The van der Waals surface area contributed by atoms with E-state index in [2.05, 4.69) is 15.5 Å². The molecule has 3 rings (SSSR count). The molecular weight excluding hydrogens is 330 g/mol. The Balaban J connectivity index is 1.43. The number of rotatable bonds is 8. The Hall–Kier alpha value is -3.15. The third-order valence-electron chi connectivity index (χ3n) is 3.95. The summed E-state index contributed by atoms with van der Waals surface area (Å²) in [7, 11) is 1.62. The quantitative estimate of drug-likeness (QED) is 0.675. The van der Waals surface area contributed by atoms with Crippen LogP contribution in [-0.4, -0.2) is 29.8 Å². The molecule has 6 heteroatoms. The van der Waals surface area contributed by atoms with Crippen molar-refractivity contribution in [3.63, 3.8) is 0 Å². The fourth-order valence-electron chi connectivity index (χ4n) is 2.50. The fourth-order valence-corrected chi connectivity index (χ4v) is 2.50. The zero-order valence-electron chi connectivity index (χ0n) is 14.6. The van der Waals surface area contributed by atoms with E-state index in [-0.39, 0.29) is 5.91 Å². The molecule has 1 N–H and O–H groups in total. The molecule has 0 aliphatic heterocycles. The van der Waals surface area contributed by atoms with Crippen LogP contribution in [0.1, 0.15) is 17.9 Å². The van der Waals surface area contributed by atoms with Gasteiger partial charge in [0.15, 0.2) is 0 Å². The number of carbonyl (C=O) groups is 1. The first-order chi connectivity index (χ1) is 12.7. The van der Waals surface area contributed by atoms with E-state index in [4.69, 9.17) is 9.15 Å². The third kappa shape index (κ3) is 4.92. The normalized spacial score (nSPS) is 10.5. The van der Waals surface area contributed by atoms with Gasteiger partial charge in [0, 0.05) is 24.9 Å². The van der Waals surface area contributed by atoms with Gasteiger partial charge in [0.2, 0.25) is 17.7 Å². The van der Waals surface area contributed by atoms with Gasteiger partial charge < -0.3 is 14.5 Å². The lowest BCUT2D eigenvalue weighted by molar-refractivity contribution is -0.121. The molecule has 0 aliphatic rings. The molecule has 0 fully saturated rings. The average Bonchev–Trinajstić information content (AvgIpc) is 3.16. The molecule has 1 heterocycles. The number of carbonyl (C=O) groups excluding carboxylic acids is 1. The molecule has 2 aromatic carbocycles. The van der Waals surface area contributed by atoms with E-state index < -0.39 is 0 Å². The largest absolute Gasteiger partial charge is 0.497 e. The van der Waals surface area contributed by atoms with Crippen LogP contribution < -0.4 is 10.1 Å². The molecular formula is C20H21N3O3. The van der Waals surface area contributed by atoms with Crippen molar-refractivity contribution in [2.75, 3.05) is 13.7 Å². The van der Waals surface area contributed by atoms with Gasteiger partial charge >= 0.3 is 0 Å². The van der Waals surface area contributed by atoms with Gasteiger partial charge in [-0.15, -0.1) is 10.2 Å². The lowest BCUT2D eigenvalue weighted by Gasteiger charge is -2.03. The monoisotopic (exact) mass is 351 g/mol. The van der Waals surface area contributed by atoms with Gasteiger partial charge in [-0.1, -0.05) is 30.3 Å². The molecule has 0 saturated carbocycles. The predicted molar refractivity (Wildman–Crippen MR) is 97.8 cm³/mol. The SMILES string of the molecule is COc1ccc(-c2nnc(CCNC(=O)CCc3ccccc3)o2)cc1. The molecule has 0 spiro atoms. The standard InChI is InChI=1S/C20H21N3O3/c1-25-17-10-8-16(9-11-17)20-23-22-19(26-20)13-14-21-18(24)12-7-15-5-3-2-4-6-15/h2-6,8-11H,7,12-14H2,1H3,(H,21,24). The van der Waals surface area contributed by atoms with Gasteiger partial charge in [0.05, 0.1) is 7.11 Å². The maximum Gasteiger partial charge on any atom is 0.247 e. The number of aromatic nitrogens is 2. The second-order valence-electron chi connectivity index (χ2n) is 5.82. The average molecular weight is 351 g/mol. The number of amides is 1. The van der Waals surface area contributed by atoms with Crippen molar-refractivity contribution < 1.29 is 13.9 Å². The van der Waals surface area contributed by atoms with Crippen molar-refractivity contribution in [3.8, 4) is 17.2 Å². The topological polar surface area (TPSA) is 77.3 Å². The maximum absolute atomic E-state index is 11.9. The van der Waals surface area contributed by atoms with Gasteiger partial charge in [-0.05, 0) is 36.2 Å². The number of hydrogen-bond donors (Lipinski definition) is 1. The molecule has 3 aromatic rings. The second kappa shape index (κ2) is 8.80. The van der Waals surface area contributed by atoms with E-state index in [0.29, 0.717) is 31.2 Å². The fraction of sp³-hybridized carbons (Fsp3) is 0.250. The molecule has 26 heavy (non-hydrogen) atoms. The van der Waals surface area contributed by atoms with Crippen LogP contribution in [0, 0.1) is 0 Å². The predicted octanol–water partition coefficient (Wildman–Crippen LogP) is 3.04. The Bertz CT molecular complexity index is 829. The van der Waals surface area contributed by atoms with Crippen LogP contribution in [-0.2, 0) is 17.6 Å². The maximum atomic E-state index is 11.9. The van der Waals surface area contributed by atoms with Crippen LogP contribution in [0.2, 0.25) is 0 Å². The molecule has 0 atom stereocenters. The lowest BCUT2D eigenvalue weighted by Crippen LogP contribution is -2.25. The summed E-state index contributed by atoms with van der Waals surface area (Å²) in [5.41, 5.74) is 1.99. The Morgan fingerprint density at radius 1 is 1.04 bits per heavy atom. The summed E-state index contributed by atoms with van der Waals surface area (Å²) in [5.74, 6) is 1.74. The third-order valence-corrected chi connectivity index (χ3v) is 3.95. The number of hydrogen-bond acceptors (Lipinski definition) is 5. The molecule has 6 nitrogen and oxygen atoms in total. The molecule has 1 amide bonds. The summed E-state index contributed by atoms with van der Waals surface area (Å²) >= 11 is 0. The van der Waals surface area contributed by atoms with E-state index in [0.717, 1.165) is 23.3 Å². The highest BCUT2D eigenvalue weighted by Crippen LogP contribution is 2.21. The van der Waals surface area contributed by atoms with E-state index >= 15 is 0 Å². The molecule has 0 radical (unpaired) electrons. The Kier molecular flexibility index (Phi) is 5.98. The summed E-state index contributed by atoms with van der Waals surface area (Å²) in [6, 6.07) is 17.4. The van der Waals surface area contributed by atoms with E-state index in [1.54, 1.807) is 7.11 Å². The van der Waals surface area contributed by atoms with Crippen molar-refractivity contribution in [3.05, 3.63) is 66.1 Å². The number of nitrogens with zero attached hydrogens (tertiary/aromatic N) is 2. The first-order valence-corrected chi connectivity index (χ1v) is 8.52. The van der Waals surface area contributed by atoms with Crippen molar-refractivity contribution in [2.45, 2.75) is 19.3 Å². The Labute approximate surface area is 152 Å². The minimum Gasteiger partial charge on any atom is -0.497 e. The minimum atomic E-state index is 0.0174. The number of ether oxygens (including phenoxy) is 1. The van der Waals surface area contributed by atoms with Crippen LogP contribution in [0.4, 0.5) is 0 Å². The van der Waals surface area contributed by atoms with Crippen molar-refractivity contribution in [1.29, 1.82) is 0 Å². The zero-order chi connectivity index (χ0) is 18.2. The first kappa shape index (κ1) is 17.7. The lowest BCUT2D eigenvalue weighted by atomic mass is 10.1. The molecule has 0 aliphatic carbocycles. The summed E-state index contributed by atoms with van der Waals surface area (Å²) in [5, 5.41) is 11.0. The summed E-state index contributed by atoms with van der Waals surface area (Å²) in [4.78, 5) is 11.9. The molecule has 1 aromatic heterocycles. The highest BCUT2D eigenvalue weighted by Gasteiger charge is 2.09. The van der Waals surface area contributed by atoms with Crippen LogP contribution >= 0.6 is 0 Å². The van der Waals surface area contributed by atoms with Gasteiger partial charge in [0.25, 0.3) is 0 Å². The first-order valence-electron chi connectivity index (χ1n) is 8.52. The minimum absolute atomic E-state index is 0.0174. The number of benzene rings is 2. The smallest absolute Gasteiger partial charge is 0.247 e.